The third kappa shape index (κ3) is 5.93. The molecule has 1 fully saturated rings. The SMILES string of the molecule is O=C(COc1ccc(Cl)cc1Cl)NCc1ccc(N2CCOCC2)cc1C(F)(F)F. The Hall–Kier alpha value is -2.16. The molecule has 1 aliphatic heterocycles. The molecule has 2 aromatic carbocycles. The smallest absolute Gasteiger partial charge is 0.416 e. The molecule has 0 spiro atoms. The van der Waals surface area contributed by atoms with Crippen LogP contribution in [-0.4, -0.2) is 38.8 Å². The lowest BCUT2D eigenvalue weighted by Gasteiger charge is -2.29. The Labute approximate surface area is 181 Å². The second kappa shape index (κ2) is 9.76. The molecule has 3 rings (SSSR count). The summed E-state index contributed by atoms with van der Waals surface area (Å²) in [6.45, 7) is 1.31. The van der Waals surface area contributed by atoms with Gasteiger partial charge in [0.1, 0.15) is 5.75 Å². The van der Waals surface area contributed by atoms with Crippen molar-refractivity contribution in [2.24, 2.45) is 0 Å². The molecule has 5 nitrogen and oxygen atoms in total. The summed E-state index contributed by atoms with van der Waals surface area (Å²) in [5.74, 6) is -0.326. The van der Waals surface area contributed by atoms with Gasteiger partial charge in [0.05, 0.1) is 23.8 Å². The third-order valence-electron chi connectivity index (χ3n) is 4.50. The summed E-state index contributed by atoms with van der Waals surface area (Å²) in [5, 5.41) is 3.09. The first kappa shape index (κ1) is 22.5. The zero-order valence-electron chi connectivity index (χ0n) is 15.8. The summed E-state index contributed by atoms with van der Waals surface area (Å²) in [6, 6.07) is 8.62. The van der Waals surface area contributed by atoms with Crippen LogP contribution in [0.4, 0.5) is 18.9 Å². The Morgan fingerprint density at radius 1 is 1.13 bits per heavy atom. The number of nitrogens with one attached hydrogen (secondary N) is 1. The molecule has 2 aromatic rings. The van der Waals surface area contributed by atoms with Crippen molar-refractivity contribution in [1.82, 2.24) is 5.32 Å². The van der Waals surface area contributed by atoms with E-state index in [0.29, 0.717) is 37.0 Å². The Bertz CT molecular complexity index is 903. The van der Waals surface area contributed by atoms with Crippen molar-refractivity contribution in [2.75, 3.05) is 37.8 Å². The van der Waals surface area contributed by atoms with Crippen molar-refractivity contribution in [2.45, 2.75) is 12.7 Å². The second-order valence-electron chi connectivity index (χ2n) is 6.58. The largest absolute Gasteiger partial charge is 0.482 e. The first-order valence-corrected chi connectivity index (χ1v) is 9.87. The maximum atomic E-state index is 13.6. The fraction of sp³-hybridized carbons (Fsp3) is 0.350. The van der Waals surface area contributed by atoms with Crippen LogP contribution in [0.25, 0.3) is 0 Å². The summed E-state index contributed by atoms with van der Waals surface area (Å²) in [4.78, 5) is 13.9. The van der Waals surface area contributed by atoms with Gasteiger partial charge in [0.25, 0.3) is 5.91 Å². The van der Waals surface area contributed by atoms with Gasteiger partial charge in [-0.15, -0.1) is 0 Å². The van der Waals surface area contributed by atoms with Crippen molar-refractivity contribution in [3.05, 3.63) is 57.6 Å². The standard InChI is InChI=1S/C20H19Cl2F3N2O3/c21-14-2-4-18(17(22)9-14)30-12-19(28)26-11-13-1-3-15(10-16(13)20(23,24)25)27-5-7-29-8-6-27/h1-4,9-10H,5-8,11-12H2,(H,26,28). The van der Waals surface area contributed by atoms with E-state index in [0.717, 1.165) is 6.07 Å². The van der Waals surface area contributed by atoms with Crippen molar-refractivity contribution in [3.63, 3.8) is 0 Å². The van der Waals surface area contributed by atoms with Crippen LogP contribution in [0.5, 0.6) is 5.75 Å². The fourth-order valence-corrected chi connectivity index (χ4v) is 3.44. The van der Waals surface area contributed by atoms with Crippen LogP contribution >= 0.6 is 23.2 Å². The number of carbonyl (C=O) groups excluding carboxylic acids is 1. The lowest BCUT2D eigenvalue weighted by Crippen LogP contribution is -2.36. The number of amides is 1. The minimum atomic E-state index is -4.55. The predicted octanol–water partition coefficient (Wildman–Crippen LogP) is 4.54. The number of morpholine rings is 1. The first-order chi connectivity index (χ1) is 14.2. The van der Waals surface area contributed by atoms with E-state index in [1.165, 1.54) is 18.2 Å². The minimum absolute atomic E-state index is 0.0302. The van der Waals surface area contributed by atoms with Gasteiger partial charge in [-0.25, -0.2) is 0 Å². The van der Waals surface area contributed by atoms with Crippen molar-refractivity contribution < 1.29 is 27.4 Å². The van der Waals surface area contributed by atoms with Gasteiger partial charge in [-0.2, -0.15) is 13.2 Å². The quantitative estimate of drug-likeness (QED) is 0.684. The molecule has 1 amide bonds. The van der Waals surface area contributed by atoms with Crippen molar-refractivity contribution in [1.29, 1.82) is 0 Å². The zero-order valence-corrected chi connectivity index (χ0v) is 17.3. The van der Waals surface area contributed by atoms with Gasteiger partial charge in [0.2, 0.25) is 0 Å². The molecule has 0 unspecified atom stereocenters. The van der Waals surface area contributed by atoms with E-state index in [1.54, 1.807) is 12.1 Å². The average Bonchev–Trinajstić information content (AvgIpc) is 2.71. The number of ether oxygens (including phenoxy) is 2. The molecule has 0 aliphatic carbocycles. The molecular formula is C20H19Cl2F3N2O3. The van der Waals surface area contributed by atoms with Crippen molar-refractivity contribution >= 4 is 34.8 Å². The molecule has 1 aliphatic rings. The van der Waals surface area contributed by atoms with Gasteiger partial charge < -0.3 is 19.7 Å². The van der Waals surface area contributed by atoms with E-state index < -0.39 is 24.3 Å². The van der Waals surface area contributed by atoms with Crippen LogP contribution < -0.4 is 15.0 Å². The molecule has 162 valence electrons. The number of halogens is 5. The molecule has 0 aromatic heterocycles. The zero-order chi connectivity index (χ0) is 21.7. The number of hydrogen-bond donors (Lipinski definition) is 1. The Morgan fingerprint density at radius 2 is 1.87 bits per heavy atom. The summed E-state index contributed by atoms with van der Waals surface area (Å²) < 4.78 is 51.2. The molecular weight excluding hydrogens is 444 g/mol. The molecule has 0 radical (unpaired) electrons. The molecule has 1 saturated heterocycles. The summed E-state index contributed by atoms with van der Waals surface area (Å²) in [7, 11) is 0. The van der Waals surface area contributed by atoms with E-state index in [9.17, 15) is 18.0 Å². The van der Waals surface area contributed by atoms with Crippen LogP contribution in [0.15, 0.2) is 36.4 Å². The van der Waals surface area contributed by atoms with Gasteiger partial charge in [0.15, 0.2) is 6.61 Å². The third-order valence-corrected chi connectivity index (χ3v) is 5.03. The maximum absolute atomic E-state index is 13.6. The first-order valence-electron chi connectivity index (χ1n) is 9.11. The Balaban J connectivity index is 1.64. The van der Waals surface area contributed by atoms with Gasteiger partial charge in [-0.05, 0) is 35.9 Å². The van der Waals surface area contributed by atoms with Crippen LogP contribution in [0.1, 0.15) is 11.1 Å². The lowest BCUT2D eigenvalue weighted by atomic mass is 10.0. The lowest BCUT2D eigenvalue weighted by molar-refractivity contribution is -0.138. The Morgan fingerprint density at radius 3 is 2.53 bits per heavy atom. The number of alkyl halides is 3. The van der Waals surface area contributed by atoms with Crippen LogP contribution in [0.2, 0.25) is 10.0 Å². The summed E-state index contributed by atoms with van der Waals surface area (Å²) in [5.41, 5.74) is -0.341. The number of hydrogen-bond acceptors (Lipinski definition) is 4. The molecule has 0 atom stereocenters. The van der Waals surface area contributed by atoms with E-state index in [-0.39, 0.29) is 22.9 Å². The molecule has 1 N–H and O–H groups in total. The van der Waals surface area contributed by atoms with Gasteiger partial charge in [0, 0.05) is 30.3 Å². The van der Waals surface area contributed by atoms with Gasteiger partial charge in [-0.3, -0.25) is 4.79 Å². The highest BCUT2D eigenvalue weighted by Crippen LogP contribution is 2.35. The summed E-state index contributed by atoms with van der Waals surface area (Å²) >= 11 is 11.7. The minimum Gasteiger partial charge on any atom is -0.482 e. The molecule has 0 bridgehead atoms. The second-order valence-corrected chi connectivity index (χ2v) is 7.42. The highest BCUT2D eigenvalue weighted by Gasteiger charge is 2.34. The van der Waals surface area contributed by atoms with Crippen LogP contribution in [-0.2, 0) is 22.3 Å². The topological polar surface area (TPSA) is 50.8 Å². The van der Waals surface area contributed by atoms with Gasteiger partial charge in [-0.1, -0.05) is 29.3 Å². The van der Waals surface area contributed by atoms with E-state index in [4.69, 9.17) is 32.7 Å². The molecule has 10 heteroatoms. The number of rotatable bonds is 6. The maximum Gasteiger partial charge on any atom is 0.416 e. The van der Waals surface area contributed by atoms with E-state index in [1.807, 2.05) is 4.90 Å². The van der Waals surface area contributed by atoms with Crippen LogP contribution in [0, 0.1) is 0 Å². The Kier molecular flexibility index (Phi) is 7.33. The predicted molar refractivity (Wildman–Crippen MR) is 108 cm³/mol. The number of nitrogens with zero attached hydrogens (tertiary/aromatic N) is 1. The monoisotopic (exact) mass is 462 g/mol. The normalized spacial score (nSPS) is 14.5. The van der Waals surface area contributed by atoms with E-state index in [2.05, 4.69) is 5.32 Å². The molecule has 0 saturated carbocycles. The number of anilines is 1. The number of benzene rings is 2. The van der Waals surface area contributed by atoms with E-state index >= 15 is 0 Å². The summed E-state index contributed by atoms with van der Waals surface area (Å²) in [6.07, 6.45) is -4.55. The van der Waals surface area contributed by atoms with Crippen LogP contribution in [0.3, 0.4) is 0 Å². The fourth-order valence-electron chi connectivity index (χ4n) is 2.98. The highest BCUT2D eigenvalue weighted by molar-refractivity contribution is 6.35. The average molecular weight is 463 g/mol. The highest BCUT2D eigenvalue weighted by atomic mass is 35.5. The number of carbonyl (C=O) groups is 1. The molecule has 1 heterocycles. The van der Waals surface area contributed by atoms with Crippen molar-refractivity contribution in [3.8, 4) is 5.75 Å². The molecule has 30 heavy (non-hydrogen) atoms. The van der Waals surface area contributed by atoms with Gasteiger partial charge >= 0.3 is 6.18 Å².